The van der Waals surface area contributed by atoms with Crippen LogP contribution in [-0.2, 0) is 22.7 Å². The fourth-order valence-corrected chi connectivity index (χ4v) is 3.18. The molecular formula is C18H26ClN3O2. The molecule has 6 heteroatoms. The van der Waals surface area contributed by atoms with Gasteiger partial charge in [0.1, 0.15) is 0 Å². The van der Waals surface area contributed by atoms with Crippen LogP contribution < -0.4 is 10.6 Å². The lowest BCUT2D eigenvalue weighted by Gasteiger charge is -2.31. The van der Waals surface area contributed by atoms with E-state index in [1.807, 2.05) is 36.1 Å². The third kappa shape index (κ3) is 4.28. The lowest BCUT2D eigenvalue weighted by molar-refractivity contribution is -0.128. The van der Waals surface area contributed by atoms with Crippen LogP contribution in [0.3, 0.4) is 0 Å². The number of benzene rings is 1. The van der Waals surface area contributed by atoms with E-state index in [9.17, 15) is 9.59 Å². The number of hydrogen-bond acceptors (Lipinski definition) is 3. The Balaban J connectivity index is 0.00000208. The van der Waals surface area contributed by atoms with Crippen LogP contribution in [-0.4, -0.2) is 36.3 Å². The fraction of sp³-hybridized carbons (Fsp3) is 0.556. The highest BCUT2D eigenvalue weighted by Crippen LogP contribution is 2.18. The van der Waals surface area contributed by atoms with Crippen LogP contribution in [0.2, 0.25) is 0 Å². The van der Waals surface area contributed by atoms with E-state index in [4.69, 9.17) is 0 Å². The second kappa shape index (κ2) is 8.49. The summed E-state index contributed by atoms with van der Waals surface area (Å²) < 4.78 is 0. The minimum atomic E-state index is 0. The molecule has 24 heavy (non-hydrogen) atoms. The summed E-state index contributed by atoms with van der Waals surface area (Å²) >= 11 is 0. The molecule has 1 unspecified atom stereocenters. The lowest BCUT2D eigenvalue weighted by Crippen LogP contribution is -2.49. The third-order valence-corrected chi connectivity index (χ3v) is 5.04. The molecule has 3 rings (SSSR count). The Labute approximate surface area is 149 Å². The smallest absolute Gasteiger partial charge is 0.223 e. The van der Waals surface area contributed by atoms with Crippen molar-refractivity contribution in [3.05, 3.63) is 35.4 Å². The van der Waals surface area contributed by atoms with Gasteiger partial charge in [-0.1, -0.05) is 31.2 Å². The van der Waals surface area contributed by atoms with Crippen LogP contribution in [0.25, 0.3) is 0 Å². The summed E-state index contributed by atoms with van der Waals surface area (Å²) in [5, 5.41) is 6.26. The molecule has 2 amide bonds. The molecule has 2 saturated heterocycles. The van der Waals surface area contributed by atoms with Gasteiger partial charge in [0.05, 0.1) is 0 Å². The first-order valence-electron chi connectivity index (χ1n) is 8.48. The van der Waals surface area contributed by atoms with Crippen molar-refractivity contribution >= 4 is 24.2 Å². The number of hydrogen-bond donors (Lipinski definition) is 2. The zero-order valence-corrected chi connectivity index (χ0v) is 14.9. The molecule has 0 spiro atoms. The first kappa shape index (κ1) is 18.7. The predicted molar refractivity (Wildman–Crippen MR) is 95.7 cm³/mol. The van der Waals surface area contributed by atoms with Gasteiger partial charge in [-0.3, -0.25) is 9.59 Å². The average molecular weight is 352 g/mol. The summed E-state index contributed by atoms with van der Waals surface area (Å²) in [6, 6.07) is 8.05. The van der Waals surface area contributed by atoms with Gasteiger partial charge in [-0.15, -0.1) is 12.4 Å². The van der Waals surface area contributed by atoms with Crippen LogP contribution in [0.15, 0.2) is 24.3 Å². The van der Waals surface area contributed by atoms with Crippen molar-refractivity contribution < 1.29 is 9.59 Å². The Morgan fingerprint density at radius 3 is 2.62 bits per heavy atom. The molecule has 1 aromatic carbocycles. The second-order valence-electron chi connectivity index (χ2n) is 6.61. The molecule has 132 valence electrons. The van der Waals surface area contributed by atoms with Gasteiger partial charge in [0.15, 0.2) is 0 Å². The molecule has 2 N–H and O–H groups in total. The van der Waals surface area contributed by atoms with E-state index in [1.165, 1.54) is 0 Å². The summed E-state index contributed by atoms with van der Waals surface area (Å²) in [6.45, 7) is 5.87. The molecule has 2 fully saturated rings. The Morgan fingerprint density at radius 1 is 1.33 bits per heavy atom. The van der Waals surface area contributed by atoms with Gasteiger partial charge in [0.2, 0.25) is 11.8 Å². The average Bonchev–Trinajstić information content (AvgIpc) is 2.89. The molecular weight excluding hydrogens is 326 g/mol. The zero-order valence-electron chi connectivity index (χ0n) is 14.1. The Hall–Kier alpha value is -1.59. The minimum absolute atomic E-state index is 0. The van der Waals surface area contributed by atoms with Gasteiger partial charge in [0, 0.05) is 32.0 Å². The summed E-state index contributed by atoms with van der Waals surface area (Å²) in [5.74, 6) is 0.842. The first-order valence-corrected chi connectivity index (χ1v) is 8.48. The number of amides is 2. The summed E-state index contributed by atoms with van der Waals surface area (Å²) in [5.41, 5.74) is 2.22. The van der Waals surface area contributed by atoms with E-state index in [0.717, 1.165) is 37.2 Å². The summed E-state index contributed by atoms with van der Waals surface area (Å²) in [4.78, 5) is 26.0. The standard InChI is InChI=1S/C18H25N3O2.ClH/c1-13(16-9-19-10-16)18(23)20-11-14-5-2-3-6-15(14)12-21-8-4-7-17(21)22;/h2-3,5-6,13,16,19H,4,7-12H2,1H3,(H,20,23);1H. The van der Waals surface area contributed by atoms with E-state index in [1.54, 1.807) is 0 Å². The SMILES string of the molecule is CC(C(=O)NCc1ccccc1CN1CCCC1=O)C1CNC1.Cl. The molecule has 1 atom stereocenters. The van der Waals surface area contributed by atoms with Crippen LogP contribution in [0.4, 0.5) is 0 Å². The Morgan fingerprint density at radius 2 is 2.04 bits per heavy atom. The van der Waals surface area contributed by atoms with Gasteiger partial charge in [-0.2, -0.15) is 0 Å². The highest BCUT2D eigenvalue weighted by molar-refractivity contribution is 5.85. The van der Waals surface area contributed by atoms with Crippen molar-refractivity contribution in [2.45, 2.75) is 32.9 Å². The maximum atomic E-state index is 12.3. The summed E-state index contributed by atoms with van der Waals surface area (Å²) in [6.07, 6.45) is 1.61. The van der Waals surface area contributed by atoms with Crippen molar-refractivity contribution in [2.75, 3.05) is 19.6 Å². The van der Waals surface area contributed by atoms with E-state index >= 15 is 0 Å². The molecule has 0 aliphatic carbocycles. The molecule has 2 heterocycles. The van der Waals surface area contributed by atoms with E-state index in [0.29, 0.717) is 25.4 Å². The normalized spacial score (nSPS) is 18.7. The molecule has 0 radical (unpaired) electrons. The third-order valence-electron chi connectivity index (χ3n) is 5.04. The maximum absolute atomic E-state index is 12.3. The van der Waals surface area contributed by atoms with E-state index in [2.05, 4.69) is 10.6 Å². The van der Waals surface area contributed by atoms with Crippen molar-refractivity contribution in [1.82, 2.24) is 15.5 Å². The quantitative estimate of drug-likeness (QED) is 0.820. The van der Waals surface area contributed by atoms with Gasteiger partial charge < -0.3 is 15.5 Å². The van der Waals surface area contributed by atoms with E-state index < -0.39 is 0 Å². The molecule has 5 nitrogen and oxygen atoms in total. The van der Waals surface area contributed by atoms with Crippen LogP contribution in [0.1, 0.15) is 30.9 Å². The predicted octanol–water partition coefficient (Wildman–Crippen LogP) is 1.70. The molecule has 0 bridgehead atoms. The molecule has 2 aliphatic rings. The Bertz CT molecular complexity index is 589. The van der Waals surface area contributed by atoms with Crippen LogP contribution >= 0.6 is 12.4 Å². The van der Waals surface area contributed by atoms with Gasteiger partial charge in [-0.05, 0) is 36.6 Å². The number of carbonyl (C=O) groups excluding carboxylic acids is 2. The Kier molecular flexibility index (Phi) is 6.63. The van der Waals surface area contributed by atoms with Gasteiger partial charge in [-0.25, -0.2) is 0 Å². The number of rotatable bonds is 6. The second-order valence-corrected chi connectivity index (χ2v) is 6.61. The highest BCUT2D eigenvalue weighted by Gasteiger charge is 2.28. The molecule has 0 saturated carbocycles. The number of halogens is 1. The number of nitrogens with zero attached hydrogens (tertiary/aromatic N) is 1. The maximum Gasteiger partial charge on any atom is 0.223 e. The van der Waals surface area contributed by atoms with Crippen LogP contribution in [0, 0.1) is 11.8 Å². The van der Waals surface area contributed by atoms with Crippen molar-refractivity contribution in [3.8, 4) is 0 Å². The largest absolute Gasteiger partial charge is 0.352 e. The van der Waals surface area contributed by atoms with Gasteiger partial charge >= 0.3 is 0 Å². The molecule has 0 aromatic heterocycles. The van der Waals surface area contributed by atoms with E-state index in [-0.39, 0.29) is 30.1 Å². The van der Waals surface area contributed by atoms with Gasteiger partial charge in [0.25, 0.3) is 0 Å². The fourth-order valence-electron chi connectivity index (χ4n) is 3.18. The molecule has 1 aromatic rings. The monoisotopic (exact) mass is 351 g/mol. The van der Waals surface area contributed by atoms with Crippen molar-refractivity contribution in [2.24, 2.45) is 11.8 Å². The number of nitrogens with one attached hydrogen (secondary N) is 2. The highest BCUT2D eigenvalue weighted by atomic mass is 35.5. The number of carbonyl (C=O) groups is 2. The van der Waals surface area contributed by atoms with Crippen LogP contribution in [0.5, 0.6) is 0 Å². The first-order chi connectivity index (χ1) is 11.1. The van der Waals surface area contributed by atoms with Crippen molar-refractivity contribution in [3.63, 3.8) is 0 Å². The minimum Gasteiger partial charge on any atom is -0.352 e. The van der Waals surface area contributed by atoms with Crippen molar-refractivity contribution in [1.29, 1.82) is 0 Å². The topological polar surface area (TPSA) is 61.4 Å². The molecule has 2 aliphatic heterocycles. The lowest BCUT2D eigenvalue weighted by atomic mass is 9.88. The summed E-state index contributed by atoms with van der Waals surface area (Å²) in [7, 11) is 0. The number of likely N-dealkylation sites (tertiary alicyclic amines) is 1. The zero-order chi connectivity index (χ0) is 16.2.